The lowest BCUT2D eigenvalue weighted by Crippen LogP contribution is -2.41. The average molecular weight is 345 g/mol. The van der Waals surface area contributed by atoms with Crippen molar-refractivity contribution in [2.75, 3.05) is 23.3 Å². The molecule has 8 nitrogen and oxygen atoms in total. The Balaban J connectivity index is 1.78. The van der Waals surface area contributed by atoms with E-state index in [0.29, 0.717) is 5.69 Å². The number of carbonyl (C=O) groups is 2. The van der Waals surface area contributed by atoms with E-state index in [9.17, 15) is 24.1 Å². The molecule has 3 rings (SSSR count). The maximum Gasteiger partial charge on any atom is 0.331 e. The standard InChI is InChI=1S/C16H12FN3O5/c17-10-2-1-3-11(6-10)18-15(21)8-19-9-16(22)25-14-7-12(20(23)24)4-5-13(14)19/h1-7H,8-9H2,(H,18,21). The van der Waals surface area contributed by atoms with E-state index in [1.165, 1.54) is 41.3 Å². The number of ether oxygens (including phenoxy) is 1. The number of benzene rings is 2. The van der Waals surface area contributed by atoms with Crippen LogP contribution in [0.5, 0.6) is 5.75 Å². The quantitative estimate of drug-likeness (QED) is 0.394. The second-order valence-corrected chi connectivity index (χ2v) is 5.30. The second kappa shape index (κ2) is 6.56. The Bertz CT molecular complexity index is 871. The number of carbonyl (C=O) groups excluding carboxylic acids is 2. The van der Waals surface area contributed by atoms with Gasteiger partial charge in [-0.25, -0.2) is 9.18 Å². The monoisotopic (exact) mass is 345 g/mol. The number of nitro benzene ring substituents is 1. The van der Waals surface area contributed by atoms with Crippen molar-refractivity contribution in [3.8, 4) is 5.75 Å². The molecule has 2 aromatic rings. The van der Waals surface area contributed by atoms with Gasteiger partial charge in [-0.05, 0) is 24.3 Å². The molecule has 0 saturated heterocycles. The van der Waals surface area contributed by atoms with Gasteiger partial charge in [-0.1, -0.05) is 6.07 Å². The summed E-state index contributed by atoms with van der Waals surface area (Å²) in [5, 5.41) is 13.3. The smallest absolute Gasteiger partial charge is 0.331 e. The zero-order chi connectivity index (χ0) is 18.0. The minimum Gasteiger partial charge on any atom is -0.423 e. The van der Waals surface area contributed by atoms with E-state index in [1.807, 2.05) is 0 Å². The van der Waals surface area contributed by atoms with E-state index in [2.05, 4.69) is 5.32 Å². The highest BCUT2D eigenvalue weighted by atomic mass is 19.1. The van der Waals surface area contributed by atoms with Crippen LogP contribution in [-0.2, 0) is 9.59 Å². The molecule has 1 aliphatic rings. The Hall–Kier alpha value is -3.49. The van der Waals surface area contributed by atoms with Crippen LogP contribution < -0.4 is 15.0 Å². The average Bonchev–Trinajstić information content (AvgIpc) is 2.53. The van der Waals surface area contributed by atoms with Crippen LogP contribution in [0.1, 0.15) is 0 Å². The Morgan fingerprint density at radius 2 is 2.12 bits per heavy atom. The van der Waals surface area contributed by atoms with Gasteiger partial charge in [-0.15, -0.1) is 0 Å². The molecule has 1 aliphatic heterocycles. The number of nitrogens with one attached hydrogen (secondary N) is 1. The van der Waals surface area contributed by atoms with Crippen molar-refractivity contribution < 1.29 is 23.6 Å². The minimum absolute atomic E-state index is 0.0176. The number of hydrogen-bond acceptors (Lipinski definition) is 6. The lowest BCUT2D eigenvalue weighted by Gasteiger charge is -2.28. The predicted molar refractivity (Wildman–Crippen MR) is 86.0 cm³/mol. The van der Waals surface area contributed by atoms with Crippen LogP contribution in [0.4, 0.5) is 21.5 Å². The van der Waals surface area contributed by atoms with Crippen molar-refractivity contribution in [1.29, 1.82) is 0 Å². The van der Waals surface area contributed by atoms with Gasteiger partial charge in [0.25, 0.3) is 5.69 Å². The summed E-state index contributed by atoms with van der Waals surface area (Å²) < 4.78 is 18.2. The van der Waals surface area contributed by atoms with Crippen LogP contribution in [0, 0.1) is 15.9 Å². The summed E-state index contributed by atoms with van der Waals surface area (Å²) in [6.07, 6.45) is 0. The third-order valence-corrected chi connectivity index (χ3v) is 3.48. The second-order valence-electron chi connectivity index (χ2n) is 5.30. The maximum absolute atomic E-state index is 13.1. The molecular weight excluding hydrogens is 333 g/mol. The summed E-state index contributed by atoms with van der Waals surface area (Å²) in [4.78, 5) is 35.5. The lowest BCUT2D eigenvalue weighted by atomic mass is 10.2. The minimum atomic E-state index is -0.633. The Kier molecular flexibility index (Phi) is 4.29. The molecule has 0 saturated carbocycles. The fraction of sp³-hybridized carbons (Fsp3) is 0.125. The van der Waals surface area contributed by atoms with Gasteiger partial charge in [0.05, 0.1) is 23.2 Å². The molecule has 25 heavy (non-hydrogen) atoms. The Morgan fingerprint density at radius 3 is 2.84 bits per heavy atom. The first-order valence-corrected chi connectivity index (χ1v) is 7.22. The van der Waals surface area contributed by atoms with Crippen molar-refractivity contribution >= 4 is 28.9 Å². The molecule has 0 aliphatic carbocycles. The Morgan fingerprint density at radius 1 is 1.32 bits per heavy atom. The van der Waals surface area contributed by atoms with Crippen molar-refractivity contribution in [1.82, 2.24) is 0 Å². The zero-order valence-corrected chi connectivity index (χ0v) is 12.8. The van der Waals surface area contributed by atoms with Crippen LogP contribution in [0.3, 0.4) is 0 Å². The summed E-state index contributed by atoms with van der Waals surface area (Å²) in [5.74, 6) is -1.57. The molecule has 0 unspecified atom stereocenters. The number of non-ortho nitro benzene ring substituents is 1. The maximum atomic E-state index is 13.1. The van der Waals surface area contributed by atoms with E-state index in [0.717, 1.165) is 6.07 Å². The molecule has 1 amide bonds. The number of nitro groups is 1. The molecule has 1 N–H and O–H groups in total. The first-order chi connectivity index (χ1) is 11.9. The molecule has 0 fully saturated rings. The normalized spacial score (nSPS) is 13.0. The van der Waals surface area contributed by atoms with E-state index in [1.54, 1.807) is 0 Å². The van der Waals surface area contributed by atoms with Crippen molar-refractivity contribution in [2.24, 2.45) is 0 Å². The highest BCUT2D eigenvalue weighted by Crippen LogP contribution is 2.35. The number of halogens is 1. The van der Waals surface area contributed by atoms with Crippen LogP contribution in [0.2, 0.25) is 0 Å². The predicted octanol–water partition coefficient (Wildman–Crippen LogP) is 2.10. The number of rotatable bonds is 4. The van der Waals surface area contributed by atoms with E-state index in [4.69, 9.17) is 4.74 Å². The summed E-state index contributed by atoms with van der Waals surface area (Å²) in [7, 11) is 0. The van der Waals surface area contributed by atoms with Gasteiger partial charge in [0.15, 0.2) is 5.75 Å². The van der Waals surface area contributed by atoms with Crippen molar-refractivity contribution in [2.45, 2.75) is 0 Å². The molecule has 128 valence electrons. The number of nitrogens with zero attached hydrogens (tertiary/aromatic N) is 2. The number of esters is 1. The molecule has 1 heterocycles. The highest BCUT2D eigenvalue weighted by molar-refractivity contribution is 5.96. The zero-order valence-electron chi connectivity index (χ0n) is 12.8. The van der Waals surface area contributed by atoms with E-state index >= 15 is 0 Å². The van der Waals surface area contributed by atoms with Crippen LogP contribution >= 0.6 is 0 Å². The van der Waals surface area contributed by atoms with Gasteiger partial charge in [0.2, 0.25) is 5.91 Å². The molecule has 0 spiro atoms. The number of fused-ring (bicyclic) bond motifs is 1. The summed E-state index contributed by atoms with van der Waals surface area (Å²) >= 11 is 0. The molecule has 9 heteroatoms. The fourth-order valence-electron chi connectivity index (χ4n) is 2.44. The SMILES string of the molecule is O=C(CN1CC(=O)Oc2cc([N+](=O)[O-])ccc21)Nc1cccc(F)c1. The van der Waals surface area contributed by atoms with Gasteiger partial charge in [-0.2, -0.15) is 0 Å². The molecule has 0 atom stereocenters. The number of amides is 1. The molecule has 2 aromatic carbocycles. The van der Waals surface area contributed by atoms with Gasteiger partial charge in [0, 0.05) is 11.8 Å². The van der Waals surface area contributed by atoms with Crippen molar-refractivity contribution in [3.05, 3.63) is 58.4 Å². The summed E-state index contributed by atoms with van der Waals surface area (Å²) in [6.45, 7) is -0.377. The Labute approximate surface area is 141 Å². The highest BCUT2D eigenvalue weighted by Gasteiger charge is 2.27. The van der Waals surface area contributed by atoms with E-state index < -0.39 is 22.6 Å². The third kappa shape index (κ3) is 3.71. The molecule has 0 aromatic heterocycles. The van der Waals surface area contributed by atoms with Gasteiger partial charge in [-0.3, -0.25) is 14.9 Å². The van der Waals surface area contributed by atoms with Gasteiger partial charge < -0.3 is 15.0 Å². The first kappa shape index (κ1) is 16.4. The number of hydrogen-bond donors (Lipinski definition) is 1. The van der Waals surface area contributed by atoms with Crippen LogP contribution in [0.15, 0.2) is 42.5 Å². The topological polar surface area (TPSA) is 102 Å². The summed E-state index contributed by atoms with van der Waals surface area (Å²) in [5.41, 5.74) is 0.450. The molecular formula is C16H12FN3O5. The van der Waals surface area contributed by atoms with Gasteiger partial charge in [0.1, 0.15) is 12.4 Å². The largest absolute Gasteiger partial charge is 0.423 e. The van der Waals surface area contributed by atoms with Crippen LogP contribution in [-0.4, -0.2) is 29.9 Å². The fourth-order valence-corrected chi connectivity index (χ4v) is 2.44. The van der Waals surface area contributed by atoms with Crippen molar-refractivity contribution in [3.63, 3.8) is 0 Å². The number of anilines is 2. The molecule has 0 bridgehead atoms. The first-order valence-electron chi connectivity index (χ1n) is 7.22. The lowest BCUT2D eigenvalue weighted by molar-refractivity contribution is -0.384. The van der Waals surface area contributed by atoms with E-state index in [-0.39, 0.29) is 30.2 Å². The van der Waals surface area contributed by atoms with Crippen LogP contribution in [0.25, 0.3) is 0 Å². The third-order valence-electron chi connectivity index (χ3n) is 3.48. The summed E-state index contributed by atoms with van der Waals surface area (Å²) in [6, 6.07) is 9.20. The molecule has 0 radical (unpaired) electrons. The van der Waals surface area contributed by atoms with Gasteiger partial charge >= 0.3 is 5.97 Å².